The van der Waals surface area contributed by atoms with Gasteiger partial charge in [-0.2, -0.15) is 5.10 Å². The van der Waals surface area contributed by atoms with Crippen LogP contribution >= 0.6 is 0 Å². The number of fused-ring (bicyclic) bond motifs is 2. The van der Waals surface area contributed by atoms with Gasteiger partial charge in [-0.25, -0.2) is 0 Å². The van der Waals surface area contributed by atoms with Crippen LogP contribution in [-0.4, -0.2) is 64.2 Å². The van der Waals surface area contributed by atoms with Crippen molar-refractivity contribution in [1.82, 2.24) is 25.1 Å². The van der Waals surface area contributed by atoms with E-state index in [9.17, 15) is 4.79 Å². The Balaban J connectivity index is 1.16. The number of pyridine rings is 1. The van der Waals surface area contributed by atoms with E-state index >= 15 is 0 Å². The Morgan fingerprint density at radius 3 is 2.63 bits per heavy atom. The molecule has 5 aromatic rings. The van der Waals surface area contributed by atoms with Gasteiger partial charge < -0.3 is 20.1 Å². The van der Waals surface area contributed by atoms with Crippen molar-refractivity contribution in [3.05, 3.63) is 60.9 Å². The van der Waals surface area contributed by atoms with Crippen LogP contribution < -0.4 is 10.2 Å². The molecule has 1 amide bonds. The number of amides is 1. The maximum absolute atomic E-state index is 12.7. The quantitative estimate of drug-likeness (QED) is 0.228. The lowest BCUT2D eigenvalue weighted by Crippen LogP contribution is -2.44. The van der Waals surface area contributed by atoms with Crippen LogP contribution in [-0.2, 0) is 4.79 Å². The fourth-order valence-corrected chi connectivity index (χ4v) is 6.52. The summed E-state index contributed by atoms with van der Waals surface area (Å²) in [5, 5.41) is 13.3. The van der Waals surface area contributed by atoms with E-state index in [1.54, 1.807) is 6.20 Å². The molecular weight excluding hydrogens is 510 g/mol. The van der Waals surface area contributed by atoms with E-state index in [-0.39, 0.29) is 5.91 Å². The van der Waals surface area contributed by atoms with E-state index in [0.717, 1.165) is 83.6 Å². The SMILES string of the molecule is CN1CCN(c2cccc3[nH]c(-c4n[nH]c5ccc(-c6cncc(NC(=O)CC7CCCCC7)c6)cc45)cc23)CC1. The normalized spacial score (nSPS) is 17.0. The third-order valence-corrected chi connectivity index (χ3v) is 8.86. The number of anilines is 2. The van der Waals surface area contributed by atoms with Gasteiger partial charge in [0.1, 0.15) is 5.69 Å². The first-order valence-electron chi connectivity index (χ1n) is 14.9. The summed E-state index contributed by atoms with van der Waals surface area (Å²) < 4.78 is 0. The van der Waals surface area contributed by atoms with Crippen molar-refractivity contribution in [2.24, 2.45) is 5.92 Å². The van der Waals surface area contributed by atoms with Gasteiger partial charge in [0.2, 0.25) is 5.91 Å². The number of nitrogens with one attached hydrogen (secondary N) is 3. The summed E-state index contributed by atoms with van der Waals surface area (Å²) in [5.41, 5.74) is 7.99. The third kappa shape index (κ3) is 5.32. The Morgan fingerprint density at radius 2 is 1.78 bits per heavy atom. The molecule has 2 fully saturated rings. The van der Waals surface area contributed by atoms with Gasteiger partial charge in [-0.3, -0.25) is 14.9 Å². The Bertz CT molecular complexity index is 1690. The highest BCUT2D eigenvalue weighted by atomic mass is 16.1. The monoisotopic (exact) mass is 547 g/mol. The number of nitrogens with zero attached hydrogens (tertiary/aromatic N) is 4. The third-order valence-electron chi connectivity index (χ3n) is 8.86. The summed E-state index contributed by atoms with van der Waals surface area (Å²) in [6, 6.07) is 17.0. The molecule has 0 spiro atoms. The first-order chi connectivity index (χ1) is 20.1. The lowest BCUT2D eigenvalue weighted by molar-refractivity contribution is -0.117. The number of H-pyrrole nitrogens is 2. The summed E-state index contributed by atoms with van der Waals surface area (Å²) >= 11 is 0. The molecule has 210 valence electrons. The van der Waals surface area contributed by atoms with Gasteiger partial charge in [0.25, 0.3) is 0 Å². The first kappa shape index (κ1) is 25.8. The number of aromatic nitrogens is 4. The zero-order valence-electron chi connectivity index (χ0n) is 23.6. The molecule has 8 nitrogen and oxygen atoms in total. The van der Waals surface area contributed by atoms with Crippen LogP contribution in [0.15, 0.2) is 60.9 Å². The molecule has 0 atom stereocenters. The summed E-state index contributed by atoms with van der Waals surface area (Å²) in [6.07, 6.45) is 10.3. The number of carbonyl (C=O) groups excluding carboxylic acids is 1. The number of piperazine rings is 1. The van der Waals surface area contributed by atoms with Gasteiger partial charge in [-0.1, -0.05) is 31.4 Å². The van der Waals surface area contributed by atoms with Crippen LogP contribution in [0.4, 0.5) is 11.4 Å². The maximum Gasteiger partial charge on any atom is 0.224 e. The molecule has 0 radical (unpaired) electrons. The first-order valence-corrected chi connectivity index (χ1v) is 14.9. The van der Waals surface area contributed by atoms with Gasteiger partial charge >= 0.3 is 0 Å². The molecule has 1 saturated heterocycles. The van der Waals surface area contributed by atoms with E-state index in [2.05, 4.69) is 79.7 Å². The van der Waals surface area contributed by atoms with Crippen molar-refractivity contribution in [2.75, 3.05) is 43.4 Å². The molecule has 3 N–H and O–H groups in total. The highest BCUT2D eigenvalue weighted by molar-refractivity contribution is 6.01. The van der Waals surface area contributed by atoms with Gasteiger partial charge in [0.05, 0.1) is 23.1 Å². The van der Waals surface area contributed by atoms with Gasteiger partial charge in [0, 0.05) is 66.3 Å². The van der Waals surface area contributed by atoms with Crippen LogP contribution in [0, 0.1) is 5.92 Å². The zero-order chi connectivity index (χ0) is 27.8. The van der Waals surface area contributed by atoms with Crippen molar-refractivity contribution >= 4 is 39.1 Å². The number of rotatable bonds is 6. The lowest BCUT2D eigenvalue weighted by Gasteiger charge is -2.34. The predicted molar refractivity (Wildman–Crippen MR) is 166 cm³/mol. The second-order valence-corrected chi connectivity index (χ2v) is 11.8. The van der Waals surface area contributed by atoms with Crippen molar-refractivity contribution in [1.29, 1.82) is 0 Å². The van der Waals surface area contributed by atoms with Gasteiger partial charge in [-0.05, 0) is 67.8 Å². The molecule has 1 aliphatic carbocycles. The van der Waals surface area contributed by atoms with E-state index in [1.165, 1.54) is 30.3 Å². The minimum absolute atomic E-state index is 0.0816. The van der Waals surface area contributed by atoms with Crippen LogP contribution in [0.1, 0.15) is 38.5 Å². The standard InChI is InChI=1S/C33H37N7O/c1-39-12-14-40(15-13-39)31-9-5-8-28-26(31)19-30(36-28)33-27-18-23(10-11-29(27)37-38-33)24-17-25(21-34-20-24)35-32(41)16-22-6-3-2-4-7-22/h5,8-11,17-22,36H,2-4,6-7,12-16H2,1H3,(H,35,41)(H,37,38). The molecule has 4 heterocycles. The highest BCUT2D eigenvalue weighted by Crippen LogP contribution is 2.35. The topological polar surface area (TPSA) is 92.9 Å². The molecule has 0 unspecified atom stereocenters. The number of aromatic amines is 2. The van der Waals surface area contributed by atoms with Crippen LogP contribution in [0.3, 0.4) is 0 Å². The molecule has 7 rings (SSSR count). The smallest absolute Gasteiger partial charge is 0.224 e. The van der Waals surface area contributed by atoms with Crippen LogP contribution in [0.2, 0.25) is 0 Å². The summed E-state index contributed by atoms with van der Waals surface area (Å²) in [7, 11) is 2.18. The largest absolute Gasteiger partial charge is 0.368 e. The average Bonchev–Trinajstić information content (AvgIpc) is 3.62. The van der Waals surface area contributed by atoms with Crippen molar-refractivity contribution in [2.45, 2.75) is 38.5 Å². The number of hydrogen-bond acceptors (Lipinski definition) is 5. The summed E-state index contributed by atoms with van der Waals surface area (Å²) in [5.74, 6) is 0.585. The summed E-state index contributed by atoms with van der Waals surface area (Å²) in [4.78, 5) is 25.6. The minimum Gasteiger partial charge on any atom is -0.368 e. The summed E-state index contributed by atoms with van der Waals surface area (Å²) in [6.45, 7) is 4.19. The van der Waals surface area contributed by atoms with Gasteiger partial charge in [0.15, 0.2) is 0 Å². The fraction of sp³-hybridized carbons (Fsp3) is 0.364. The average molecular weight is 548 g/mol. The Kier molecular flexibility index (Phi) is 6.92. The molecule has 2 aliphatic rings. The zero-order valence-corrected chi connectivity index (χ0v) is 23.6. The Hall–Kier alpha value is -4.17. The Morgan fingerprint density at radius 1 is 0.927 bits per heavy atom. The molecular formula is C33H37N7O. The van der Waals surface area contributed by atoms with E-state index in [0.29, 0.717) is 12.3 Å². The van der Waals surface area contributed by atoms with Crippen LogP contribution in [0.25, 0.3) is 44.3 Å². The van der Waals surface area contributed by atoms with E-state index in [4.69, 9.17) is 5.10 Å². The number of likely N-dealkylation sites (N-methyl/N-ethyl adjacent to an activating group) is 1. The van der Waals surface area contributed by atoms with Crippen molar-refractivity contribution in [3.63, 3.8) is 0 Å². The number of carbonyl (C=O) groups is 1. The predicted octanol–water partition coefficient (Wildman–Crippen LogP) is 6.43. The lowest BCUT2D eigenvalue weighted by atomic mass is 9.87. The van der Waals surface area contributed by atoms with Crippen LogP contribution in [0.5, 0.6) is 0 Å². The minimum atomic E-state index is 0.0816. The Labute approximate surface area is 240 Å². The second kappa shape index (κ2) is 11.0. The molecule has 0 bridgehead atoms. The number of hydrogen-bond donors (Lipinski definition) is 3. The fourth-order valence-electron chi connectivity index (χ4n) is 6.52. The van der Waals surface area contributed by atoms with E-state index in [1.807, 2.05) is 12.3 Å². The molecule has 2 aromatic carbocycles. The van der Waals surface area contributed by atoms with Gasteiger partial charge in [-0.15, -0.1) is 0 Å². The van der Waals surface area contributed by atoms with Crippen molar-refractivity contribution in [3.8, 4) is 22.5 Å². The van der Waals surface area contributed by atoms with E-state index < -0.39 is 0 Å². The molecule has 8 heteroatoms. The molecule has 41 heavy (non-hydrogen) atoms. The number of benzene rings is 2. The van der Waals surface area contributed by atoms with Crippen molar-refractivity contribution < 1.29 is 4.79 Å². The second-order valence-electron chi connectivity index (χ2n) is 11.8. The molecule has 1 aliphatic heterocycles. The highest BCUT2D eigenvalue weighted by Gasteiger charge is 2.20. The molecule has 1 saturated carbocycles. The maximum atomic E-state index is 12.7. The molecule has 3 aromatic heterocycles.